The zero-order chi connectivity index (χ0) is 13.4. The fourth-order valence-electron chi connectivity index (χ4n) is 1.50. The summed E-state index contributed by atoms with van der Waals surface area (Å²) in [5.74, 6) is 1.49. The summed E-state index contributed by atoms with van der Waals surface area (Å²) >= 11 is 0. The van der Waals surface area contributed by atoms with E-state index in [-0.39, 0.29) is 6.61 Å². The van der Waals surface area contributed by atoms with Gasteiger partial charge in [-0.25, -0.2) is 0 Å². The van der Waals surface area contributed by atoms with E-state index < -0.39 is 5.60 Å². The first-order valence-corrected chi connectivity index (χ1v) is 6.36. The number of ether oxygens (including phenoxy) is 2. The SMILES string of the molecule is CCNCC(C)(O)COc1cccc(OCC)c1. The Morgan fingerprint density at radius 1 is 1.22 bits per heavy atom. The van der Waals surface area contributed by atoms with E-state index in [4.69, 9.17) is 9.47 Å². The Morgan fingerprint density at radius 3 is 2.50 bits per heavy atom. The first kappa shape index (κ1) is 14.8. The van der Waals surface area contributed by atoms with Crippen molar-refractivity contribution < 1.29 is 14.6 Å². The molecule has 0 aliphatic carbocycles. The molecule has 2 N–H and O–H groups in total. The van der Waals surface area contributed by atoms with Crippen molar-refractivity contribution in [2.75, 3.05) is 26.3 Å². The first-order valence-electron chi connectivity index (χ1n) is 6.36. The van der Waals surface area contributed by atoms with Crippen LogP contribution in [0.2, 0.25) is 0 Å². The van der Waals surface area contributed by atoms with Gasteiger partial charge in [0, 0.05) is 12.6 Å². The molecule has 0 fully saturated rings. The van der Waals surface area contributed by atoms with Crippen LogP contribution in [0.1, 0.15) is 20.8 Å². The van der Waals surface area contributed by atoms with E-state index in [0.717, 1.165) is 12.3 Å². The lowest BCUT2D eigenvalue weighted by molar-refractivity contribution is 0.0126. The predicted octanol–water partition coefficient (Wildman–Crippen LogP) is 1.82. The minimum Gasteiger partial charge on any atom is -0.494 e. The molecule has 4 heteroatoms. The van der Waals surface area contributed by atoms with Crippen molar-refractivity contribution >= 4 is 0 Å². The van der Waals surface area contributed by atoms with Gasteiger partial charge in [0.15, 0.2) is 0 Å². The molecule has 18 heavy (non-hydrogen) atoms. The first-order chi connectivity index (χ1) is 8.57. The smallest absolute Gasteiger partial charge is 0.123 e. The molecule has 1 unspecified atom stereocenters. The topological polar surface area (TPSA) is 50.7 Å². The van der Waals surface area contributed by atoms with Crippen molar-refractivity contribution in [3.63, 3.8) is 0 Å². The van der Waals surface area contributed by atoms with E-state index in [9.17, 15) is 5.11 Å². The van der Waals surface area contributed by atoms with E-state index in [2.05, 4.69) is 5.32 Å². The van der Waals surface area contributed by atoms with Crippen LogP contribution in [0.4, 0.5) is 0 Å². The van der Waals surface area contributed by atoms with Crippen molar-refractivity contribution in [2.45, 2.75) is 26.4 Å². The van der Waals surface area contributed by atoms with Gasteiger partial charge in [-0.2, -0.15) is 0 Å². The molecule has 0 spiro atoms. The molecule has 102 valence electrons. The van der Waals surface area contributed by atoms with Crippen LogP contribution in [0.3, 0.4) is 0 Å². The van der Waals surface area contributed by atoms with Crippen molar-refractivity contribution in [1.82, 2.24) is 5.32 Å². The summed E-state index contributed by atoms with van der Waals surface area (Å²) in [6, 6.07) is 7.44. The van der Waals surface area contributed by atoms with Gasteiger partial charge in [-0.05, 0) is 32.5 Å². The van der Waals surface area contributed by atoms with E-state index >= 15 is 0 Å². The van der Waals surface area contributed by atoms with Crippen LogP contribution in [0.25, 0.3) is 0 Å². The number of likely N-dealkylation sites (N-methyl/N-ethyl adjacent to an activating group) is 1. The van der Waals surface area contributed by atoms with Gasteiger partial charge in [0.1, 0.15) is 23.7 Å². The normalized spacial score (nSPS) is 14.0. The summed E-state index contributed by atoms with van der Waals surface area (Å²) in [4.78, 5) is 0. The number of hydrogen-bond acceptors (Lipinski definition) is 4. The zero-order valence-electron chi connectivity index (χ0n) is 11.4. The molecule has 1 aromatic rings. The quantitative estimate of drug-likeness (QED) is 0.742. The number of rotatable bonds is 8. The molecule has 1 rings (SSSR count). The predicted molar refractivity (Wildman–Crippen MR) is 72.3 cm³/mol. The molecule has 0 aliphatic heterocycles. The molecule has 1 atom stereocenters. The fourth-order valence-corrected chi connectivity index (χ4v) is 1.50. The largest absolute Gasteiger partial charge is 0.494 e. The average Bonchev–Trinajstić information content (AvgIpc) is 2.35. The number of benzene rings is 1. The molecule has 0 saturated carbocycles. The van der Waals surface area contributed by atoms with Gasteiger partial charge in [-0.1, -0.05) is 13.0 Å². The Labute approximate surface area is 109 Å². The lowest BCUT2D eigenvalue weighted by Gasteiger charge is -2.23. The Balaban J connectivity index is 2.49. The highest BCUT2D eigenvalue weighted by atomic mass is 16.5. The van der Waals surface area contributed by atoms with Crippen LogP contribution in [-0.2, 0) is 0 Å². The van der Waals surface area contributed by atoms with E-state index in [0.29, 0.717) is 18.9 Å². The Hall–Kier alpha value is -1.26. The molecule has 0 aliphatic rings. The van der Waals surface area contributed by atoms with Crippen LogP contribution >= 0.6 is 0 Å². The van der Waals surface area contributed by atoms with E-state index in [1.807, 2.05) is 38.1 Å². The van der Waals surface area contributed by atoms with Crippen LogP contribution in [0.5, 0.6) is 11.5 Å². The standard InChI is InChI=1S/C14H23NO3/c1-4-15-10-14(3,16)11-18-13-8-6-7-12(9-13)17-5-2/h6-9,15-16H,4-5,10-11H2,1-3H3. The molecule has 0 saturated heterocycles. The van der Waals surface area contributed by atoms with Gasteiger partial charge in [0.2, 0.25) is 0 Å². The summed E-state index contributed by atoms with van der Waals surface area (Å²) in [5, 5.41) is 13.2. The van der Waals surface area contributed by atoms with E-state index in [1.54, 1.807) is 6.92 Å². The summed E-state index contributed by atoms with van der Waals surface area (Å²) in [6.45, 7) is 7.90. The monoisotopic (exact) mass is 253 g/mol. The highest BCUT2D eigenvalue weighted by Gasteiger charge is 2.20. The molecular formula is C14H23NO3. The Bertz CT molecular complexity index is 353. The molecule has 0 amide bonds. The number of hydrogen-bond donors (Lipinski definition) is 2. The van der Waals surface area contributed by atoms with Crippen molar-refractivity contribution in [3.05, 3.63) is 24.3 Å². The van der Waals surface area contributed by atoms with E-state index in [1.165, 1.54) is 0 Å². The molecular weight excluding hydrogens is 230 g/mol. The number of aliphatic hydroxyl groups is 1. The van der Waals surface area contributed by atoms with Gasteiger partial charge in [0.05, 0.1) is 6.61 Å². The average molecular weight is 253 g/mol. The number of nitrogens with one attached hydrogen (secondary N) is 1. The third kappa shape index (κ3) is 5.38. The van der Waals surface area contributed by atoms with Crippen molar-refractivity contribution in [2.24, 2.45) is 0 Å². The molecule has 0 bridgehead atoms. The summed E-state index contributed by atoms with van der Waals surface area (Å²) in [6.07, 6.45) is 0. The lowest BCUT2D eigenvalue weighted by Crippen LogP contribution is -2.42. The molecule has 0 heterocycles. The van der Waals surface area contributed by atoms with Gasteiger partial charge in [-0.3, -0.25) is 0 Å². The maximum Gasteiger partial charge on any atom is 0.123 e. The van der Waals surface area contributed by atoms with Gasteiger partial charge >= 0.3 is 0 Å². The highest BCUT2D eigenvalue weighted by molar-refractivity contribution is 5.32. The molecule has 1 aromatic carbocycles. The zero-order valence-corrected chi connectivity index (χ0v) is 11.4. The summed E-state index contributed by atoms with van der Waals surface area (Å²) < 4.78 is 11.0. The second-order valence-corrected chi connectivity index (χ2v) is 4.47. The molecule has 0 radical (unpaired) electrons. The van der Waals surface area contributed by atoms with Crippen LogP contribution < -0.4 is 14.8 Å². The minimum absolute atomic E-state index is 0.246. The lowest BCUT2D eigenvalue weighted by atomic mass is 10.1. The highest BCUT2D eigenvalue weighted by Crippen LogP contribution is 2.20. The maximum atomic E-state index is 10.1. The van der Waals surface area contributed by atoms with Gasteiger partial charge in [-0.15, -0.1) is 0 Å². The van der Waals surface area contributed by atoms with Crippen molar-refractivity contribution in [3.8, 4) is 11.5 Å². The Morgan fingerprint density at radius 2 is 1.89 bits per heavy atom. The molecule has 0 aromatic heterocycles. The third-order valence-electron chi connectivity index (χ3n) is 2.42. The summed E-state index contributed by atoms with van der Waals surface area (Å²) in [5.41, 5.74) is -0.877. The van der Waals surface area contributed by atoms with Crippen LogP contribution in [-0.4, -0.2) is 37.0 Å². The van der Waals surface area contributed by atoms with Gasteiger partial charge in [0.25, 0.3) is 0 Å². The van der Waals surface area contributed by atoms with Crippen LogP contribution in [0.15, 0.2) is 24.3 Å². The third-order valence-corrected chi connectivity index (χ3v) is 2.42. The maximum absolute atomic E-state index is 10.1. The van der Waals surface area contributed by atoms with Crippen molar-refractivity contribution in [1.29, 1.82) is 0 Å². The second kappa shape index (κ2) is 7.24. The Kier molecular flexibility index (Phi) is 5.95. The summed E-state index contributed by atoms with van der Waals surface area (Å²) in [7, 11) is 0. The fraction of sp³-hybridized carbons (Fsp3) is 0.571. The molecule has 4 nitrogen and oxygen atoms in total. The van der Waals surface area contributed by atoms with Gasteiger partial charge < -0.3 is 19.9 Å². The second-order valence-electron chi connectivity index (χ2n) is 4.47. The van der Waals surface area contributed by atoms with Crippen LogP contribution in [0, 0.1) is 0 Å². The minimum atomic E-state index is -0.877.